The second-order valence-corrected chi connectivity index (χ2v) is 7.05. The van der Waals surface area contributed by atoms with Crippen LogP contribution < -0.4 is 4.74 Å². The predicted octanol–water partition coefficient (Wildman–Crippen LogP) is 5.44. The summed E-state index contributed by atoms with van der Waals surface area (Å²) in [6.45, 7) is 6.86. The lowest BCUT2D eigenvalue weighted by molar-refractivity contribution is -0.145. The fourth-order valence-corrected chi connectivity index (χ4v) is 4.01. The van der Waals surface area contributed by atoms with Gasteiger partial charge in [-0.3, -0.25) is 4.79 Å². The number of aromatic nitrogens is 1. The highest BCUT2D eigenvalue weighted by atomic mass is 35.5. The van der Waals surface area contributed by atoms with Crippen molar-refractivity contribution in [3.63, 3.8) is 0 Å². The Balaban J connectivity index is 0.00000117. The number of esters is 1. The molecule has 26 heavy (non-hydrogen) atoms. The zero-order valence-corrected chi connectivity index (χ0v) is 17.2. The van der Waals surface area contributed by atoms with Gasteiger partial charge >= 0.3 is 5.97 Å². The highest BCUT2D eigenvalue weighted by Crippen LogP contribution is 2.40. The number of nitrogens with zero attached hydrogens (tertiary/aromatic N) is 1. The second-order valence-electron chi connectivity index (χ2n) is 5.59. The summed E-state index contributed by atoms with van der Waals surface area (Å²) in [5.74, 6) is 1.07. The Bertz CT molecular complexity index is 700. The van der Waals surface area contributed by atoms with Gasteiger partial charge in [-0.2, -0.15) is 0 Å². The molecule has 1 aliphatic rings. The van der Waals surface area contributed by atoms with Crippen molar-refractivity contribution in [1.82, 2.24) is 4.98 Å². The summed E-state index contributed by atoms with van der Waals surface area (Å²) in [5, 5.41) is 0.946. The first-order valence-electron chi connectivity index (χ1n) is 9.18. The third-order valence-corrected chi connectivity index (χ3v) is 5.38. The van der Waals surface area contributed by atoms with Crippen LogP contribution in [0.3, 0.4) is 0 Å². The van der Waals surface area contributed by atoms with E-state index in [1.54, 1.807) is 11.3 Å². The van der Waals surface area contributed by atoms with Crippen molar-refractivity contribution in [2.24, 2.45) is 0 Å². The third-order valence-electron chi connectivity index (χ3n) is 3.94. The van der Waals surface area contributed by atoms with Gasteiger partial charge in [-0.05, 0) is 50.5 Å². The maximum absolute atomic E-state index is 12.0. The number of carbonyl (C=O) groups excluding carboxylic acids is 1. The van der Waals surface area contributed by atoms with E-state index in [0.29, 0.717) is 19.1 Å². The van der Waals surface area contributed by atoms with Gasteiger partial charge in [0.05, 0.1) is 18.9 Å². The number of hydrogen-bond donors (Lipinski definition) is 0. The van der Waals surface area contributed by atoms with Crippen LogP contribution in [0.4, 0.5) is 0 Å². The van der Waals surface area contributed by atoms with E-state index in [1.807, 2.05) is 45.0 Å². The molecule has 0 aliphatic heterocycles. The number of ether oxygens (including phenoxy) is 2. The Hall–Kier alpha value is -1.59. The molecule has 0 saturated heterocycles. The Kier molecular flexibility index (Phi) is 8.39. The molecule has 1 aliphatic carbocycles. The lowest BCUT2D eigenvalue weighted by Crippen LogP contribution is -2.14. The second kappa shape index (κ2) is 10.5. The first kappa shape index (κ1) is 20.7. The van der Waals surface area contributed by atoms with Gasteiger partial charge in [0.25, 0.3) is 0 Å². The van der Waals surface area contributed by atoms with Crippen molar-refractivity contribution in [1.29, 1.82) is 0 Å². The molecular weight excluding hydrogens is 370 g/mol. The van der Waals surface area contributed by atoms with Crippen LogP contribution in [-0.2, 0) is 16.0 Å². The molecule has 1 unspecified atom stereocenters. The first-order valence-corrected chi connectivity index (χ1v) is 10.5. The molecule has 3 rings (SSSR count). The van der Waals surface area contributed by atoms with E-state index in [1.165, 1.54) is 4.88 Å². The average Bonchev–Trinajstić information content (AvgIpc) is 3.25. The van der Waals surface area contributed by atoms with Crippen molar-refractivity contribution in [3.8, 4) is 16.3 Å². The van der Waals surface area contributed by atoms with E-state index < -0.39 is 0 Å². The molecule has 0 saturated carbocycles. The number of fused-ring (bicyclic) bond motifs is 1. The normalized spacial score (nSPS) is 15.0. The Labute approximate surface area is 164 Å². The number of alkyl halides is 1. The summed E-state index contributed by atoms with van der Waals surface area (Å²) in [7, 11) is 0. The van der Waals surface area contributed by atoms with Gasteiger partial charge in [-0.25, -0.2) is 4.98 Å². The van der Waals surface area contributed by atoms with Gasteiger partial charge < -0.3 is 9.47 Å². The lowest BCUT2D eigenvalue weighted by atomic mass is 10.1. The van der Waals surface area contributed by atoms with Crippen LogP contribution >= 0.6 is 22.9 Å². The van der Waals surface area contributed by atoms with Crippen molar-refractivity contribution in [3.05, 3.63) is 34.8 Å². The molecule has 1 aromatic heterocycles. The summed E-state index contributed by atoms with van der Waals surface area (Å²) >= 11 is 7.31. The lowest BCUT2D eigenvalue weighted by Gasteiger charge is -2.08. The molecule has 142 valence electrons. The van der Waals surface area contributed by atoms with Gasteiger partial charge in [0.1, 0.15) is 16.7 Å². The quantitative estimate of drug-likeness (QED) is 0.356. The first-order chi connectivity index (χ1) is 12.7. The molecule has 0 bridgehead atoms. The maximum Gasteiger partial charge on any atom is 0.315 e. The summed E-state index contributed by atoms with van der Waals surface area (Å²) in [5.41, 5.74) is 1.94. The number of halogens is 1. The van der Waals surface area contributed by atoms with Gasteiger partial charge in [-0.15, -0.1) is 22.9 Å². The van der Waals surface area contributed by atoms with Crippen LogP contribution in [0.15, 0.2) is 24.3 Å². The molecule has 0 fully saturated rings. The molecule has 1 atom stereocenters. The number of aryl methyl sites for hydroxylation is 1. The van der Waals surface area contributed by atoms with Crippen molar-refractivity contribution < 1.29 is 14.3 Å². The van der Waals surface area contributed by atoms with Crippen LogP contribution in [0.25, 0.3) is 10.6 Å². The standard InChI is InChI=1S/C18H20ClNO3S.C2H6/c1-2-22-18(21)14-8-9-15-16(14)20-17(24-15)12-4-6-13(7-5-12)23-11-3-10-19;1-2/h4-7,14H,2-3,8-11H2,1H3;1-2H3. The monoisotopic (exact) mass is 395 g/mol. The minimum atomic E-state index is -0.205. The summed E-state index contributed by atoms with van der Waals surface area (Å²) in [4.78, 5) is 17.9. The summed E-state index contributed by atoms with van der Waals surface area (Å²) in [6, 6.07) is 7.89. The maximum atomic E-state index is 12.0. The van der Waals surface area contributed by atoms with Crippen LogP contribution in [0.5, 0.6) is 5.75 Å². The number of hydrogen-bond acceptors (Lipinski definition) is 5. The van der Waals surface area contributed by atoms with E-state index in [-0.39, 0.29) is 11.9 Å². The number of rotatable bonds is 7. The molecule has 0 N–H and O–H groups in total. The van der Waals surface area contributed by atoms with E-state index in [2.05, 4.69) is 0 Å². The Morgan fingerprint density at radius 1 is 1.31 bits per heavy atom. The zero-order chi connectivity index (χ0) is 18.9. The van der Waals surface area contributed by atoms with Crippen LogP contribution in [0.2, 0.25) is 0 Å². The van der Waals surface area contributed by atoms with Gasteiger partial charge in [0.2, 0.25) is 0 Å². The summed E-state index contributed by atoms with van der Waals surface area (Å²) in [6.07, 6.45) is 2.54. The van der Waals surface area contributed by atoms with Gasteiger partial charge in [0, 0.05) is 16.3 Å². The third kappa shape index (κ3) is 4.98. The Morgan fingerprint density at radius 3 is 2.69 bits per heavy atom. The Morgan fingerprint density at radius 2 is 2.04 bits per heavy atom. The van der Waals surface area contributed by atoms with E-state index in [4.69, 9.17) is 26.1 Å². The van der Waals surface area contributed by atoms with E-state index in [9.17, 15) is 4.79 Å². The molecule has 1 aromatic carbocycles. The molecule has 0 radical (unpaired) electrons. The molecule has 1 heterocycles. The van der Waals surface area contributed by atoms with Crippen LogP contribution in [0, 0.1) is 0 Å². The molecule has 0 spiro atoms. The van der Waals surface area contributed by atoms with Gasteiger partial charge in [-0.1, -0.05) is 13.8 Å². The van der Waals surface area contributed by atoms with E-state index in [0.717, 1.165) is 41.3 Å². The summed E-state index contributed by atoms with van der Waals surface area (Å²) < 4.78 is 10.8. The zero-order valence-electron chi connectivity index (χ0n) is 15.6. The van der Waals surface area contributed by atoms with Crippen molar-refractivity contribution >= 4 is 28.9 Å². The number of benzene rings is 1. The SMILES string of the molecule is CC.CCOC(=O)C1CCc2sc(-c3ccc(OCCCCl)cc3)nc21. The fraction of sp³-hybridized carbons (Fsp3) is 0.500. The number of thiazole rings is 1. The molecule has 6 heteroatoms. The fourth-order valence-electron chi connectivity index (χ4n) is 2.76. The highest BCUT2D eigenvalue weighted by Gasteiger charge is 2.33. The van der Waals surface area contributed by atoms with Crippen LogP contribution in [0.1, 0.15) is 50.1 Å². The van der Waals surface area contributed by atoms with Crippen LogP contribution in [-0.4, -0.2) is 30.0 Å². The molecule has 0 amide bonds. The largest absolute Gasteiger partial charge is 0.494 e. The highest BCUT2D eigenvalue weighted by molar-refractivity contribution is 7.15. The average molecular weight is 396 g/mol. The smallest absolute Gasteiger partial charge is 0.315 e. The van der Waals surface area contributed by atoms with Crippen molar-refractivity contribution in [2.75, 3.05) is 19.1 Å². The minimum Gasteiger partial charge on any atom is -0.494 e. The molecule has 4 nitrogen and oxygen atoms in total. The molecular formula is C20H26ClNO3S. The van der Waals surface area contributed by atoms with E-state index >= 15 is 0 Å². The predicted molar refractivity (Wildman–Crippen MR) is 107 cm³/mol. The molecule has 2 aromatic rings. The minimum absolute atomic E-state index is 0.156. The van der Waals surface area contributed by atoms with Gasteiger partial charge in [0.15, 0.2) is 0 Å². The van der Waals surface area contributed by atoms with Crippen molar-refractivity contribution in [2.45, 2.75) is 46.0 Å². The number of carbonyl (C=O) groups is 1. The topological polar surface area (TPSA) is 48.4 Å².